The van der Waals surface area contributed by atoms with E-state index in [1.54, 1.807) is 12.1 Å². The van der Waals surface area contributed by atoms with Crippen LogP contribution in [0.4, 0.5) is 5.69 Å². The molecule has 0 radical (unpaired) electrons. The normalized spacial score (nSPS) is 14.6. The molecule has 1 heterocycles. The molecule has 2 amide bonds. The molecule has 0 fully saturated rings. The van der Waals surface area contributed by atoms with Crippen molar-refractivity contribution in [2.75, 3.05) is 11.9 Å². The Balaban J connectivity index is 2.02. The van der Waals surface area contributed by atoms with Gasteiger partial charge in [-0.1, -0.05) is 25.8 Å². The SMILES string of the molecule is CCCCC(CN)NC(=O)c1ccc2c(c1)NC(=O)C2. The molecule has 1 aliphatic rings. The zero-order chi connectivity index (χ0) is 14.5. The lowest BCUT2D eigenvalue weighted by molar-refractivity contribution is -0.115. The summed E-state index contributed by atoms with van der Waals surface area (Å²) < 4.78 is 0. The Hall–Kier alpha value is -1.88. The molecule has 5 heteroatoms. The summed E-state index contributed by atoms with van der Waals surface area (Å²) in [5.74, 6) is -0.166. The van der Waals surface area contributed by atoms with Gasteiger partial charge in [0.2, 0.25) is 5.91 Å². The number of anilines is 1. The first-order valence-corrected chi connectivity index (χ1v) is 7.07. The van der Waals surface area contributed by atoms with Gasteiger partial charge in [-0.3, -0.25) is 9.59 Å². The van der Waals surface area contributed by atoms with Gasteiger partial charge < -0.3 is 16.4 Å². The van der Waals surface area contributed by atoms with E-state index in [0.29, 0.717) is 18.5 Å². The molecule has 1 aliphatic heterocycles. The fourth-order valence-electron chi connectivity index (χ4n) is 2.32. The van der Waals surface area contributed by atoms with Gasteiger partial charge in [0.15, 0.2) is 0 Å². The van der Waals surface area contributed by atoms with Gasteiger partial charge in [-0.15, -0.1) is 0 Å². The molecule has 108 valence electrons. The second kappa shape index (κ2) is 6.52. The van der Waals surface area contributed by atoms with Crippen LogP contribution in [0.1, 0.15) is 42.1 Å². The number of rotatable bonds is 6. The Kier molecular flexibility index (Phi) is 4.74. The monoisotopic (exact) mass is 275 g/mol. The number of amides is 2. The number of nitrogens with two attached hydrogens (primary N) is 1. The van der Waals surface area contributed by atoms with Gasteiger partial charge >= 0.3 is 0 Å². The highest BCUT2D eigenvalue weighted by atomic mass is 16.2. The first kappa shape index (κ1) is 14.5. The number of nitrogens with one attached hydrogen (secondary N) is 2. The van der Waals surface area contributed by atoms with Crippen molar-refractivity contribution in [1.82, 2.24) is 5.32 Å². The molecule has 5 nitrogen and oxygen atoms in total. The van der Waals surface area contributed by atoms with Gasteiger partial charge in [0.25, 0.3) is 5.91 Å². The third-order valence-corrected chi connectivity index (χ3v) is 3.52. The summed E-state index contributed by atoms with van der Waals surface area (Å²) in [6.07, 6.45) is 3.40. The average molecular weight is 275 g/mol. The van der Waals surface area contributed by atoms with Crippen LogP contribution in [0.25, 0.3) is 0 Å². The summed E-state index contributed by atoms with van der Waals surface area (Å²) in [5.41, 5.74) is 7.91. The average Bonchev–Trinajstić information content (AvgIpc) is 2.82. The molecular weight excluding hydrogens is 254 g/mol. The number of unbranched alkanes of at least 4 members (excludes halogenated alkanes) is 1. The Bertz CT molecular complexity index is 514. The van der Waals surface area contributed by atoms with Crippen LogP contribution in [-0.4, -0.2) is 24.4 Å². The van der Waals surface area contributed by atoms with Gasteiger partial charge in [0.05, 0.1) is 6.42 Å². The topological polar surface area (TPSA) is 84.2 Å². The highest BCUT2D eigenvalue weighted by Crippen LogP contribution is 2.24. The maximum atomic E-state index is 12.2. The van der Waals surface area contributed by atoms with Gasteiger partial charge in [0, 0.05) is 23.8 Å². The Morgan fingerprint density at radius 2 is 2.30 bits per heavy atom. The molecule has 1 atom stereocenters. The van der Waals surface area contributed by atoms with E-state index in [4.69, 9.17) is 5.73 Å². The van der Waals surface area contributed by atoms with Crippen LogP contribution in [0.3, 0.4) is 0 Å². The van der Waals surface area contributed by atoms with E-state index in [9.17, 15) is 9.59 Å². The molecule has 1 aromatic rings. The van der Waals surface area contributed by atoms with E-state index >= 15 is 0 Å². The van der Waals surface area contributed by atoms with Gasteiger partial charge in [0.1, 0.15) is 0 Å². The molecule has 0 bridgehead atoms. The van der Waals surface area contributed by atoms with Crippen molar-refractivity contribution in [3.05, 3.63) is 29.3 Å². The molecule has 0 aliphatic carbocycles. The summed E-state index contributed by atoms with van der Waals surface area (Å²) in [5, 5.41) is 5.69. The van der Waals surface area contributed by atoms with Crippen molar-refractivity contribution < 1.29 is 9.59 Å². The van der Waals surface area contributed by atoms with E-state index in [0.717, 1.165) is 30.5 Å². The number of benzene rings is 1. The quantitative estimate of drug-likeness (QED) is 0.734. The Morgan fingerprint density at radius 1 is 1.50 bits per heavy atom. The second-order valence-electron chi connectivity index (χ2n) is 5.15. The Labute approximate surface area is 118 Å². The molecule has 1 aromatic carbocycles. The molecular formula is C15H21N3O2. The van der Waals surface area contributed by atoms with Gasteiger partial charge in [-0.25, -0.2) is 0 Å². The predicted molar refractivity (Wildman–Crippen MR) is 78.6 cm³/mol. The lowest BCUT2D eigenvalue weighted by Crippen LogP contribution is -2.40. The van der Waals surface area contributed by atoms with Crippen molar-refractivity contribution in [3.63, 3.8) is 0 Å². The van der Waals surface area contributed by atoms with Crippen LogP contribution >= 0.6 is 0 Å². The van der Waals surface area contributed by atoms with Crippen molar-refractivity contribution >= 4 is 17.5 Å². The van der Waals surface area contributed by atoms with Gasteiger partial charge in [-0.05, 0) is 24.1 Å². The summed E-state index contributed by atoms with van der Waals surface area (Å²) in [6, 6.07) is 5.31. The van der Waals surface area contributed by atoms with Crippen LogP contribution in [0, 0.1) is 0 Å². The number of fused-ring (bicyclic) bond motifs is 1. The number of hydrogen-bond acceptors (Lipinski definition) is 3. The minimum Gasteiger partial charge on any atom is -0.348 e. The molecule has 20 heavy (non-hydrogen) atoms. The molecule has 0 spiro atoms. The number of carbonyl (C=O) groups excluding carboxylic acids is 2. The molecule has 4 N–H and O–H groups in total. The third-order valence-electron chi connectivity index (χ3n) is 3.52. The lowest BCUT2D eigenvalue weighted by Gasteiger charge is -2.16. The van der Waals surface area contributed by atoms with E-state index < -0.39 is 0 Å². The molecule has 2 rings (SSSR count). The summed E-state index contributed by atoms with van der Waals surface area (Å²) in [6.45, 7) is 2.55. The van der Waals surface area contributed by atoms with E-state index in [1.807, 2.05) is 6.07 Å². The summed E-state index contributed by atoms with van der Waals surface area (Å²) in [7, 11) is 0. The second-order valence-corrected chi connectivity index (χ2v) is 5.15. The highest BCUT2D eigenvalue weighted by molar-refractivity contribution is 6.02. The smallest absolute Gasteiger partial charge is 0.251 e. The van der Waals surface area contributed by atoms with Crippen LogP contribution in [0.5, 0.6) is 0 Å². The van der Waals surface area contributed by atoms with Crippen LogP contribution in [-0.2, 0) is 11.2 Å². The van der Waals surface area contributed by atoms with Crippen molar-refractivity contribution in [2.45, 2.75) is 38.6 Å². The summed E-state index contributed by atoms with van der Waals surface area (Å²) in [4.78, 5) is 23.5. The zero-order valence-electron chi connectivity index (χ0n) is 11.7. The molecule has 0 saturated carbocycles. The number of carbonyl (C=O) groups is 2. The van der Waals surface area contributed by atoms with Crippen LogP contribution in [0.15, 0.2) is 18.2 Å². The van der Waals surface area contributed by atoms with Crippen LogP contribution < -0.4 is 16.4 Å². The lowest BCUT2D eigenvalue weighted by atomic mass is 10.1. The van der Waals surface area contributed by atoms with Gasteiger partial charge in [-0.2, -0.15) is 0 Å². The maximum Gasteiger partial charge on any atom is 0.251 e. The van der Waals surface area contributed by atoms with E-state index in [-0.39, 0.29) is 17.9 Å². The first-order valence-electron chi connectivity index (χ1n) is 7.07. The fraction of sp³-hybridized carbons (Fsp3) is 0.467. The summed E-state index contributed by atoms with van der Waals surface area (Å²) >= 11 is 0. The molecule has 0 aromatic heterocycles. The maximum absolute atomic E-state index is 12.2. The van der Waals surface area contributed by atoms with Crippen molar-refractivity contribution in [1.29, 1.82) is 0 Å². The molecule has 1 unspecified atom stereocenters. The third kappa shape index (κ3) is 3.36. The highest BCUT2D eigenvalue weighted by Gasteiger charge is 2.19. The predicted octanol–water partition coefficient (Wildman–Crippen LogP) is 1.43. The Morgan fingerprint density at radius 3 is 3.00 bits per heavy atom. The largest absolute Gasteiger partial charge is 0.348 e. The molecule has 0 saturated heterocycles. The van der Waals surface area contributed by atoms with Crippen LogP contribution in [0.2, 0.25) is 0 Å². The van der Waals surface area contributed by atoms with E-state index in [1.165, 1.54) is 0 Å². The first-order chi connectivity index (χ1) is 9.63. The number of hydrogen-bond donors (Lipinski definition) is 3. The minimum absolute atomic E-state index is 0.00490. The zero-order valence-corrected chi connectivity index (χ0v) is 11.7. The standard InChI is InChI=1S/C15H21N3O2/c1-2-3-4-12(9-16)17-15(20)11-6-5-10-8-14(19)18-13(10)7-11/h5-7,12H,2-4,8-9,16H2,1H3,(H,17,20)(H,18,19). The minimum atomic E-state index is -0.138. The van der Waals surface area contributed by atoms with Crippen molar-refractivity contribution in [2.24, 2.45) is 5.73 Å². The van der Waals surface area contributed by atoms with Crippen molar-refractivity contribution in [3.8, 4) is 0 Å². The van der Waals surface area contributed by atoms with E-state index in [2.05, 4.69) is 17.6 Å². The fourth-order valence-corrected chi connectivity index (χ4v) is 2.32.